The Hall–Kier alpha value is -1.29. The minimum Gasteiger partial charge on any atom is -0.431 e. The quantitative estimate of drug-likeness (QED) is 0.811. The molecule has 1 fully saturated rings. The van der Waals surface area contributed by atoms with Gasteiger partial charge >= 0.3 is 14.4 Å². The highest BCUT2D eigenvalue weighted by atomic mass is 27.2. The molecule has 1 N–H and O–H groups in total. The zero-order chi connectivity index (χ0) is 12.1. The molecule has 0 unspecified atom stereocenters. The van der Waals surface area contributed by atoms with Crippen molar-refractivity contribution < 1.29 is 4.79 Å². The Morgan fingerprint density at radius 3 is 2.53 bits per heavy atom. The van der Waals surface area contributed by atoms with Gasteiger partial charge in [0.15, 0.2) is 0 Å². The van der Waals surface area contributed by atoms with Gasteiger partial charge in [0.1, 0.15) is 0 Å². The molecule has 3 nitrogen and oxygen atoms in total. The average molecular weight is 242 g/mol. The normalized spacial score (nSPS) is 15.2. The van der Waals surface area contributed by atoms with Gasteiger partial charge in [0.05, 0.1) is 0 Å². The molecule has 1 aromatic rings. The van der Waals surface area contributed by atoms with E-state index in [1.165, 1.54) is 0 Å². The summed E-state index contributed by atoms with van der Waals surface area (Å²) in [5.41, 5.74) is 0. The fourth-order valence-electron chi connectivity index (χ4n) is 2.28. The SMILES string of the molecule is N#[C][Al]([NH]C(=O)C1CCCC1)[c]1ccccc1. The molecule has 1 aliphatic carbocycles. The van der Waals surface area contributed by atoms with Gasteiger partial charge in [0, 0.05) is 5.92 Å². The van der Waals surface area contributed by atoms with Crippen LogP contribution in [0, 0.1) is 16.1 Å². The minimum atomic E-state index is -1.98. The third-order valence-corrected chi connectivity index (χ3v) is 5.16. The second-order valence-corrected chi connectivity index (χ2v) is 6.54. The Kier molecular flexibility index (Phi) is 4.20. The highest BCUT2D eigenvalue weighted by Gasteiger charge is 2.30. The molecule has 4 heteroatoms. The molecule has 0 spiro atoms. The maximum atomic E-state index is 12.0. The number of nitrogens with zero attached hydrogens (tertiary/aromatic N) is 1. The Morgan fingerprint density at radius 2 is 1.94 bits per heavy atom. The van der Waals surface area contributed by atoms with E-state index in [0.717, 1.165) is 30.1 Å². The van der Waals surface area contributed by atoms with Crippen LogP contribution in [0.15, 0.2) is 30.3 Å². The van der Waals surface area contributed by atoms with Gasteiger partial charge in [-0.1, -0.05) is 47.6 Å². The fraction of sp³-hybridized carbons (Fsp3) is 0.385. The monoisotopic (exact) mass is 242 g/mol. The van der Waals surface area contributed by atoms with Crippen LogP contribution in [-0.2, 0) is 4.79 Å². The van der Waals surface area contributed by atoms with E-state index < -0.39 is 14.4 Å². The summed E-state index contributed by atoms with van der Waals surface area (Å²) in [7, 11) is 0. The topological polar surface area (TPSA) is 52.9 Å². The first kappa shape index (κ1) is 12.2. The third-order valence-electron chi connectivity index (χ3n) is 3.27. The van der Waals surface area contributed by atoms with Crippen LogP contribution in [0.3, 0.4) is 0 Å². The van der Waals surface area contributed by atoms with Crippen molar-refractivity contribution in [1.82, 2.24) is 4.30 Å². The number of nitriles is 1. The van der Waals surface area contributed by atoms with Gasteiger partial charge in [-0.05, 0) is 17.8 Å². The lowest BCUT2D eigenvalue weighted by atomic mass is 10.1. The summed E-state index contributed by atoms with van der Waals surface area (Å²) >= 11 is -1.98. The maximum Gasteiger partial charge on any atom is 0.602 e. The molecule has 0 bridgehead atoms. The molecular weight excluding hydrogens is 227 g/mol. The van der Waals surface area contributed by atoms with Gasteiger partial charge in [-0.3, -0.25) is 4.79 Å². The Balaban J connectivity index is 2.01. The smallest absolute Gasteiger partial charge is 0.431 e. The molecule has 0 saturated heterocycles. The summed E-state index contributed by atoms with van der Waals surface area (Å²) in [5.74, 6) is 0.228. The molecule has 2 rings (SSSR count). The Labute approximate surface area is 106 Å². The number of hydrogen-bond acceptors (Lipinski definition) is 2. The molecular formula is C13H15AlN2O. The van der Waals surface area contributed by atoms with Crippen LogP contribution in [0.25, 0.3) is 0 Å². The van der Waals surface area contributed by atoms with Crippen LogP contribution in [-0.4, -0.2) is 20.3 Å². The summed E-state index contributed by atoms with van der Waals surface area (Å²) in [5, 5.41) is 9.17. The fourth-order valence-corrected chi connectivity index (χ4v) is 3.79. The van der Waals surface area contributed by atoms with Crippen LogP contribution in [0.1, 0.15) is 25.7 Å². The van der Waals surface area contributed by atoms with E-state index in [4.69, 9.17) is 5.26 Å². The molecule has 0 radical (unpaired) electrons. The van der Waals surface area contributed by atoms with Crippen LogP contribution in [0.2, 0.25) is 0 Å². The van der Waals surface area contributed by atoms with E-state index in [1.807, 2.05) is 30.3 Å². The highest BCUT2D eigenvalue weighted by Crippen LogP contribution is 2.24. The number of rotatable bonds is 3. The number of carbonyl (C=O) groups is 1. The first-order valence-corrected chi connectivity index (χ1v) is 7.79. The second kappa shape index (κ2) is 5.87. The van der Waals surface area contributed by atoms with E-state index in [-0.39, 0.29) is 11.8 Å². The van der Waals surface area contributed by atoms with Crippen LogP contribution >= 0.6 is 0 Å². The molecule has 0 aliphatic heterocycles. The van der Waals surface area contributed by atoms with Gasteiger partial charge in [0.25, 0.3) is 0 Å². The van der Waals surface area contributed by atoms with Crippen molar-refractivity contribution in [2.75, 3.05) is 0 Å². The number of amides is 1. The van der Waals surface area contributed by atoms with E-state index in [1.54, 1.807) is 0 Å². The molecule has 0 aromatic heterocycles. The standard InChI is InChI=1S/C6H11NO.C6H5.CN.Al/c7-6(8)5-3-1-2-4-5;1-2-4-6-5-3-1;1-2;/h5H,1-4H2,(H2,7,8);1-5H;;/q;;;+1/p-1. The summed E-state index contributed by atoms with van der Waals surface area (Å²) in [4.78, 5) is 14.2. The average Bonchev–Trinajstić information content (AvgIpc) is 2.90. The summed E-state index contributed by atoms with van der Waals surface area (Å²) < 4.78 is 3.95. The first-order chi connectivity index (χ1) is 8.31. The zero-order valence-electron chi connectivity index (χ0n) is 9.73. The van der Waals surface area contributed by atoms with Crippen LogP contribution in [0.4, 0.5) is 0 Å². The van der Waals surface area contributed by atoms with Gasteiger partial charge in [0.2, 0.25) is 5.91 Å². The molecule has 0 heterocycles. The third kappa shape index (κ3) is 3.10. The Morgan fingerprint density at radius 1 is 1.29 bits per heavy atom. The largest absolute Gasteiger partial charge is 0.602 e. The minimum absolute atomic E-state index is 0.0876. The number of benzene rings is 1. The summed E-state index contributed by atoms with van der Waals surface area (Å²) in [6.45, 7) is 0. The van der Waals surface area contributed by atoms with E-state index >= 15 is 0 Å². The van der Waals surface area contributed by atoms with Crippen molar-refractivity contribution in [3.63, 3.8) is 0 Å². The van der Waals surface area contributed by atoms with E-state index in [0.29, 0.717) is 0 Å². The van der Waals surface area contributed by atoms with Crippen molar-refractivity contribution in [3.8, 4) is 4.93 Å². The number of carbonyl (C=O) groups excluding carboxylic acids is 1. The second-order valence-electron chi connectivity index (χ2n) is 4.46. The maximum absolute atomic E-state index is 12.0. The zero-order valence-corrected chi connectivity index (χ0v) is 10.9. The lowest BCUT2D eigenvalue weighted by molar-refractivity contribution is -0.123. The van der Waals surface area contributed by atoms with Crippen molar-refractivity contribution in [3.05, 3.63) is 30.3 Å². The Bertz CT molecular complexity index is 421. The summed E-state index contributed by atoms with van der Waals surface area (Å²) in [6.07, 6.45) is 4.24. The molecule has 1 aromatic carbocycles. The van der Waals surface area contributed by atoms with Crippen molar-refractivity contribution in [1.29, 1.82) is 5.26 Å². The number of hydrogen-bond donors (Lipinski definition) is 1. The number of nitrogens with one attached hydrogen (secondary N) is 1. The van der Waals surface area contributed by atoms with Crippen molar-refractivity contribution in [2.24, 2.45) is 5.92 Å². The van der Waals surface area contributed by atoms with Gasteiger partial charge < -0.3 is 4.30 Å². The van der Waals surface area contributed by atoms with Gasteiger partial charge in [-0.25, -0.2) is 5.26 Å². The van der Waals surface area contributed by atoms with E-state index in [9.17, 15) is 4.79 Å². The molecule has 1 amide bonds. The highest BCUT2D eigenvalue weighted by molar-refractivity contribution is 6.79. The predicted molar refractivity (Wildman–Crippen MR) is 67.5 cm³/mol. The predicted octanol–water partition coefficient (Wildman–Crippen LogP) is 1.25. The van der Waals surface area contributed by atoms with Crippen LogP contribution < -0.4 is 8.73 Å². The van der Waals surface area contributed by atoms with Crippen LogP contribution in [0.5, 0.6) is 0 Å². The molecule has 86 valence electrons. The van der Waals surface area contributed by atoms with Gasteiger partial charge in [-0.2, -0.15) is 0 Å². The van der Waals surface area contributed by atoms with Gasteiger partial charge in [-0.15, -0.1) is 0 Å². The lowest BCUT2D eigenvalue weighted by Crippen LogP contribution is -2.48. The van der Waals surface area contributed by atoms with E-state index in [2.05, 4.69) is 9.23 Å². The first-order valence-electron chi connectivity index (χ1n) is 6.06. The molecule has 1 aliphatic rings. The molecule has 1 saturated carbocycles. The van der Waals surface area contributed by atoms with Crippen molar-refractivity contribution >= 4 is 24.7 Å². The van der Waals surface area contributed by atoms with Crippen molar-refractivity contribution in [2.45, 2.75) is 25.7 Å². The molecule has 0 atom stereocenters. The molecule has 17 heavy (non-hydrogen) atoms. The lowest BCUT2D eigenvalue weighted by Gasteiger charge is -2.11. The summed E-state index contributed by atoms with van der Waals surface area (Å²) in [6, 6.07) is 9.60.